The molecule has 1 unspecified atom stereocenters. The minimum atomic E-state index is -0.152. The summed E-state index contributed by atoms with van der Waals surface area (Å²) in [6.45, 7) is 2.13. The fourth-order valence-corrected chi connectivity index (χ4v) is 3.68. The van der Waals surface area contributed by atoms with Crippen LogP contribution < -0.4 is 10.2 Å². The summed E-state index contributed by atoms with van der Waals surface area (Å²) in [6, 6.07) is 9.43. The molecule has 0 aliphatic carbocycles. The Bertz CT molecular complexity index is 774. The number of aromatic amines is 1. The summed E-state index contributed by atoms with van der Waals surface area (Å²) in [5.41, 5.74) is 2.59. The van der Waals surface area contributed by atoms with Crippen LogP contribution in [0.2, 0.25) is 0 Å². The fraction of sp³-hybridized carbons (Fsp3) is 0.389. The van der Waals surface area contributed by atoms with Gasteiger partial charge in [0, 0.05) is 24.4 Å². The first-order valence-corrected chi connectivity index (χ1v) is 8.61. The predicted octanol–water partition coefficient (Wildman–Crippen LogP) is 1.57. The summed E-state index contributed by atoms with van der Waals surface area (Å²) in [5.74, 6) is 0.189. The van der Waals surface area contributed by atoms with E-state index in [0.717, 1.165) is 37.3 Å². The molecule has 130 valence electrons. The molecule has 2 N–H and O–H groups in total. The van der Waals surface area contributed by atoms with Gasteiger partial charge in [0.2, 0.25) is 11.8 Å². The highest BCUT2D eigenvalue weighted by Gasteiger charge is 2.29. The van der Waals surface area contributed by atoms with Crippen molar-refractivity contribution in [3.63, 3.8) is 0 Å². The zero-order valence-electron chi connectivity index (χ0n) is 13.9. The number of hydrogen-bond acceptors (Lipinski definition) is 4. The third-order valence-corrected chi connectivity index (χ3v) is 4.90. The van der Waals surface area contributed by atoms with Crippen LogP contribution in [0.1, 0.15) is 24.5 Å². The van der Waals surface area contributed by atoms with Gasteiger partial charge < -0.3 is 5.32 Å². The van der Waals surface area contributed by atoms with Crippen molar-refractivity contribution in [2.24, 2.45) is 0 Å². The molecule has 3 heterocycles. The van der Waals surface area contributed by atoms with E-state index < -0.39 is 0 Å². The minimum Gasteiger partial charge on any atom is -0.323 e. The first-order valence-electron chi connectivity index (χ1n) is 8.61. The van der Waals surface area contributed by atoms with Gasteiger partial charge in [0.05, 0.1) is 17.9 Å². The molecule has 1 fully saturated rings. The number of benzene rings is 1. The number of anilines is 2. The van der Waals surface area contributed by atoms with E-state index in [4.69, 9.17) is 0 Å². The van der Waals surface area contributed by atoms with Crippen molar-refractivity contribution in [1.29, 1.82) is 0 Å². The molecule has 0 radical (unpaired) electrons. The van der Waals surface area contributed by atoms with Crippen LogP contribution in [-0.2, 0) is 9.59 Å². The lowest BCUT2D eigenvalue weighted by atomic mass is 9.95. The summed E-state index contributed by atoms with van der Waals surface area (Å²) in [6.07, 6.45) is 3.92. The Balaban J connectivity index is 1.46. The van der Waals surface area contributed by atoms with Gasteiger partial charge in [-0.15, -0.1) is 0 Å². The number of nitrogens with zero attached hydrogens (tertiary/aromatic N) is 3. The molecule has 7 heteroatoms. The van der Waals surface area contributed by atoms with Gasteiger partial charge in [-0.3, -0.25) is 24.5 Å². The number of amides is 2. The first-order chi connectivity index (χ1) is 12.2. The molecule has 0 saturated carbocycles. The third-order valence-electron chi connectivity index (χ3n) is 4.90. The zero-order chi connectivity index (χ0) is 17.2. The molecule has 1 saturated heterocycles. The number of carbonyl (C=O) groups excluding carboxylic acids is 2. The van der Waals surface area contributed by atoms with Crippen LogP contribution in [-0.4, -0.2) is 53.1 Å². The van der Waals surface area contributed by atoms with Gasteiger partial charge in [-0.1, -0.05) is 12.1 Å². The van der Waals surface area contributed by atoms with Crippen LogP contribution in [0.25, 0.3) is 0 Å². The van der Waals surface area contributed by atoms with Gasteiger partial charge in [-0.05, 0) is 37.6 Å². The summed E-state index contributed by atoms with van der Waals surface area (Å²) >= 11 is 0. The van der Waals surface area contributed by atoms with E-state index in [-0.39, 0.29) is 18.4 Å². The largest absolute Gasteiger partial charge is 0.323 e. The Hall–Kier alpha value is -2.67. The maximum Gasteiger partial charge on any atom is 0.244 e. The van der Waals surface area contributed by atoms with E-state index in [1.165, 1.54) is 0 Å². The molecule has 25 heavy (non-hydrogen) atoms. The lowest BCUT2D eigenvalue weighted by Gasteiger charge is -2.34. The highest BCUT2D eigenvalue weighted by Crippen LogP contribution is 2.30. The van der Waals surface area contributed by atoms with Crippen molar-refractivity contribution < 1.29 is 9.59 Å². The van der Waals surface area contributed by atoms with Gasteiger partial charge in [0.25, 0.3) is 0 Å². The van der Waals surface area contributed by atoms with Crippen LogP contribution in [0.4, 0.5) is 11.4 Å². The molecule has 1 aromatic heterocycles. The minimum absolute atomic E-state index is 0.0347. The molecule has 1 atom stereocenters. The van der Waals surface area contributed by atoms with E-state index in [9.17, 15) is 9.59 Å². The predicted molar refractivity (Wildman–Crippen MR) is 94.4 cm³/mol. The number of aromatic nitrogens is 2. The molecule has 4 rings (SSSR count). The average Bonchev–Trinajstić information content (AvgIpc) is 3.16. The van der Waals surface area contributed by atoms with Crippen LogP contribution in [0.5, 0.6) is 0 Å². The Kier molecular flexibility index (Phi) is 4.23. The molecular formula is C18H21N5O2. The Morgan fingerprint density at radius 2 is 2.16 bits per heavy atom. The summed E-state index contributed by atoms with van der Waals surface area (Å²) < 4.78 is 0. The van der Waals surface area contributed by atoms with Crippen molar-refractivity contribution in [2.45, 2.75) is 18.8 Å². The molecule has 2 amide bonds. The SMILES string of the molecule is O=C1CN(C(=O)CN2CCCC(c3ccn[nH]3)C2)c2ccccc2N1. The molecule has 7 nitrogen and oxygen atoms in total. The first kappa shape index (κ1) is 15.8. The Morgan fingerprint density at radius 3 is 3.00 bits per heavy atom. The molecule has 2 aromatic rings. The Morgan fingerprint density at radius 1 is 1.28 bits per heavy atom. The van der Waals surface area contributed by atoms with Crippen molar-refractivity contribution in [2.75, 3.05) is 36.4 Å². The number of fused-ring (bicyclic) bond motifs is 1. The second kappa shape index (κ2) is 6.68. The van der Waals surface area contributed by atoms with Crippen molar-refractivity contribution in [3.8, 4) is 0 Å². The van der Waals surface area contributed by atoms with Gasteiger partial charge in [0.1, 0.15) is 6.54 Å². The fourth-order valence-electron chi connectivity index (χ4n) is 3.68. The van der Waals surface area contributed by atoms with Crippen LogP contribution in [0.15, 0.2) is 36.5 Å². The second-order valence-corrected chi connectivity index (χ2v) is 6.63. The van der Waals surface area contributed by atoms with Gasteiger partial charge in [-0.2, -0.15) is 5.10 Å². The maximum atomic E-state index is 12.9. The van der Waals surface area contributed by atoms with Gasteiger partial charge in [0.15, 0.2) is 0 Å². The summed E-state index contributed by atoms with van der Waals surface area (Å²) in [4.78, 5) is 28.5. The standard InChI is InChI=1S/C18H21N5O2/c24-17-11-23(16-6-2-1-5-15(16)20-17)18(25)12-22-9-3-4-13(10-22)14-7-8-19-21-14/h1-2,5-8,13H,3-4,9-12H2,(H,19,21)(H,20,24). The average molecular weight is 339 g/mol. The summed E-state index contributed by atoms with van der Waals surface area (Å²) in [7, 11) is 0. The van der Waals surface area contributed by atoms with E-state index >= 15 is 0 Å². The number of para-hydroxylation sites is 2. The van der Waals surface area contributed by atoms with Crippen LogP contribution in [0.3, 0.4) is 0 Å². The van der Waals surface area contributed by atoms with Crippen molar-refractivity contribution in [1.82, 2.24) is 15.1 Å². The van der Waals surface area contributed by atoms with E-state index in [1.54, 1.807) is 11.1 Å². The molecule has 1 aromatic carbocycles. The van der Waals surface area contributed by atoms with Crippen molar-refractivity contribution in [3.05, 3.63) is 42.2 Å². The number of H-pyrrole nitrogens is 1. The number of piperidine rings is 1. The lowest BCUT2D eigenvalue weighted by molar-refractivity contribution is -0.122. The number of nitrogens with one attached hydrogen (secondary N) is 2. The third kappa shape index (κ3) is 3.28. The number of carbonyl (C=O) groups is 2. The summed E-state index contributed by atoms with van der Waals surface area (Å²) in [5, 5.41) is 9.88. The number of hydrogen-bond donors (Lipinski definition) is 2. The smallest absolute Gasteiger partial charge is 0.244 e. The normalized spacial score (nSPS) is 20.9. The molecule has 2 aliphatic rings. The van der Waals surface area contributed by atoms with E-state index in [2.05, 4.69) is 20.4 Å². The Labute approximate surface area is 146 Å². The molecule has 0 bridgehead atoms. The molecular weight excluding hydrogens is 318 g/mol. The highest BCUT2D eigenvalue weighted by molar-refractivity contribution is 6.10. The van der Waals surface area contributed by atoms with Crippen molar-refractivity contribution >= 4 is 23.2 Å². The van der Waals surface area contributed by atoms with E-state index in [1.807, 2.05) is 30.3 Å². The number of rotatable bonds is 3. The lowest BCUT2D eigenvalue weighted by Crippen LogP contribution is -2.48. The van der Waals surface area contributed by atoms with Crippen LogP contribution in [0, 0.1) is 0 Å². The monoisotopic (exact) mass is 339 g/mol. The molecule has 0 spiro atoms. The zero-order valence-corrected chi connectivity index (χ0v) is 13.9. The van der Waals surface area contributed by atoms with E-state index in [0.29, 0.717) is 18.2 Å². The quantitative estimate of drug-likeness (QED) is 0.889. The van der Waals surface area contributed by atoms with Crippen LogP contribution >= 0.6 is 0 Å². The maximum absolute atomic E-state index is 12.9. The highest BCUT2D eigenvalue weighted by atomic mass is 16.2. The van der Waals surface area contributed by atoms with Gasteiger partial charge >= 0.3 is 0 Å². The second-order valence-electron chi connectivity index (χ2n) is 6.63. The number of likely N-dealkylation sites (tertiary alicyclic amines) is 1. The van der Waals surface area contributed by atoms with Gasteiger partial charge in [-0.25, -0.2) is 0 Å². The topological polar surface area (TPSA) is 81.3 Å². The molecule has 2 aliphatic heterocycles.